The van der Waals surface area contributed by atoms with Gasteiger partial charge in [-0.05, 0) is 24.1 Å². The highest BCUT2D eigenvalue weighted by atomic mass is 35.5. The van der Waals surface area contributed by atoms with E-state index in [0.717, 1.165) is 12.1 Å². The monoisotopic (exact) mass is 500 g/mol. The lowest BCUT2D eigenvalue weighted by molar-refractivity contribution is -0.141. The van der Waals surface area contributed by atoms with Gasteiger partial charge in [0.2, 0.25) is 0 Å². The van der Waals surface area contributed by atoms with Gasteiger partial charge in [-0.15, -0.1) is 29.8 Å². The topological polar surface area (TPSA) is 54.1 Å². The van der Waals surface area contributed by atoms with Crippen molar-refractivity contribution < 1.29 is 27.1 Å². The second kappa shape index (κ2) is 11.1. The van der Waals surface area contributed by atoms with Crippen LogP contribution in [0.15, 0.2) is 24.8 Å². The van der Waals surface area contributed by atoms with E-state index in [9.17, 15) is 22.4 Å². The number of carbonyl (C=O) groups is 1. The first kappa shape index (κ1) is 25.4. The van der Waals surface area contributed by atoms with Crippen molar-refractivity contribution in [2.75, 3.05) is 24.9 Å². The van der Waals surface area contributed by atoms with E-state index in [2.05, 4.69) is 16.9 Å². The Kier molecular flexibility index (Phi) is 9.09. The number of benzene rings is 1. The van der Waals surface area contributed by atoms with Crippen LogP contribution in [0.3, 0.4) is 0 Å². The molecule has 0 aliphatic heterocycles. The molecule has 0 aliphatic rings. The van der Waals surface area contributed by atoms with Gasteiger partial charge in [0.1, 0.15) is 17.3 Å². The second-order valence-corrected chi connectivity index (χ2v) is 7.51. The molecule has 0 atom stereocenters. The van der Waals surface area contributed by atoms with Gasteiger partial charge in [-0.2, -0.15) is 13.2 Å². The van der Waals surface area contributed by atoms with E-state index in [0.29, 0.717) is 0 Å². The summed E-state index contributed by atoms with van der Waals surface area (Å²) >= 11 is 17.5. The predicted octanol–water partition coefficient (Wildman–Crippen LogP) is 5.74. The van der Waals surface area contributed by atoms with Crippen LogP contribution in [0.2, 0.25) is 5.02 Å². The molecule has 0 spiro atoms. The summed E-state index contributed by atoms with van der Waals surface area (Å²) in [5.74, 6) is -1.50. The lowest BCUT2D eigenvalue weighted by atomic mass is 9.96. The van der Waals surface area contributed by atoms with Crippen LogP contribution in [-0.4, -0.2) is 35.8 Å². The van der Waals surface area contributed by atoms with Gasteiger partial charge in [-0.1, -0.05) is 17.7 Å². The third-order valence-corrected chi connectivity index (χ3v) is 4.92. The van der Waals surface area contributed by atoms with Gasteiger partial charge >= 0.3 is 6.18 Å². The molecule has 0 fully saturated rings. The Labute approximate surface area is 191 Å². The SMILES string of the molecule is C=CCNC(=O)COc1cc(-c2c(CCCl)[nH]c(C(F)(F)F)c2CCCl)c(F)cc1Cl. The van der Waals surface area contributed by atoms with Gasteiger partial charge in [0, 0.05) is 41.5 Å². The van der Waals surface area contributed by atoms with E-state index >= 15 is 0 Å². The van der Waals surface area contributed by atoms with Crippen LogP contribution in [-0.2, 0) is 23.8 Å². The van der Waals surface area contributed by atoms with Gasteiger partial charge in [-0.25, -0.2) is 4.39 Å². The summed E-state index contributed by atoms with van der Waals surface area (Å²) in [6.45, 7) is 3.26. The largest absolute Gasteiger partial charge is 0.482 e. The van der Waals surface area contributed by atoms with Crippen molar-refractivity contribution in [2.45, 2.75) is 19.0 Å². The molecule has 0 aliphatic carbocycles. The number of aryl methyl sites for hydroxylation is 1. The third-order valence-electron chi connectivity index (χ3n) is 4.25. The van der Waals surface area contributed by atoms with Crippen LogP contribution >= 0.6 is 34.8 Å². The smallest absolute Gasteiger partial charge is 0.431 e. The van der Waals surface area contributed by atoms with Gasteiger partial charge < -0.3 is 15.0 Å². The Morgan fingerprint density at radius 3 is 2.48 bits per heavy atom. The van der Waals surface area contributed by atoms with Crippen molar-refractivity contribution in [3.05, 3.63) is 52.6 Å². The minimum absolute atomic E-state index is 0.00347. The molecule has 4 nitrogen and oxygen atoms in total. The average Bonchev–Trinajstić information content (AvgIpc) is 3.04. The Morgan fingerprint density at radius 2 is 1.90 bits per heavy atom. The molecule has 11 heteroatoms. The molecule has 2 rings (SSSR count). The van der Waals surface area contributed by atoms with Crippen LogP contribution in [0.5, 0.6) is 5.75 Å². The number of hydrogen-bond acceptors (Lipinski definition) is 2. The van der Waals surface area contributed by atoms with Gasteiger partial charge in [0.25, 0.3) is 5.91 Å². The number of rotatable bonds is 10. The number of aromatic nitrogens is 1. The van der Waals surface area contributed by atoms with Crippen LogP contribution in [0.4, 0.5) is 17.6 Å². The summed E-state index contributed by atoms with van der Waals surface area (Å²) in [6, 6.07) is 2.08. The molecule has 2 N–H and O–H groups in total. The molecule has 1 amide bonds. The molecule has 31 heavy (non-hydrogen) atoms. The predicted molar refractivity (Wildman–Crippen MR) is 114 cm³/mol. The lowest BCUT2D eigenvalue weighted by Crippen LogP contribution is -2.28. The standard InChI is InChI=1S/C20H19Cl3F4N2O2/c1-2-7-28-17(30)10-31-16-8-12(14(24)9-13(16)23)18-11(3-5-21)19(20(25,26)27)29-15(18)4-6-22/h2,8-9,29H,1,3-7,10H2,(H,28,30). The first-order valence-electron chi connectivity index (χ1n) is 9.06. The van der Waals surface area contributed by atoms with E-state index in [-0.39, 0.29) is 64.3 Å². The zero-order valence-corrected chi connectivity index (χ0v) is 18.4. The summed E-state index contributed by atoms with van der Waals surface area (Å²) in [6.07, 6.45) is -3.36. The first-order valence-corrected chi connectivity index (χ1v) is 10.5. The van der Waals surface area contributed by atoms with Crippen molar-refractivity contribution in [2.24, 2.45) is 0 Å². The maximum absolute atomic E-state index is 14.8. The molecular formula is C20H19Cl3F4N2O2. The zero-order valence-electron chi connectivity index (χ0n) is 16.1. The lowest BCUT2D eigenvalue weighted by Gasteiger charge is -2.14. The van der Waals surface area contributed by atoms with Crippen LogP contribution < -0.4 is 10.1 Å². The molecule has 0 saturated carbocycles. The van der Waals surface area contributed by atoms with E-state index in [1.807, 2.05) is 0 Å². The van der Waals surface area contributed by atoms with Crippen LogP contribution in [0.1, 0.15) is 17.0 Å². The van der Waals surface area contributed by atoms with Gasteiger partial charge in [0.05, 0.1) is 5.02 Å². The number of halogens is 7. The Hall–Kier alpha value is -1.90. The second-order valence-electron chi connectivity index (χ2n) is 6.35. The minimum atomic E-state index is -4.70. The summed E-state index contributed by atoms with van der Waals surface area (Å²) in [5.41, 5.74) is -1.25. The number of nitrogens with one attached hydrogen (secondary N) is 2. The summed E-state index contributed by atoms with van der Waals surface area (Å²) in [4.78, 5) is 14.1. The highest BCUT2D eigenvalue weighted by Crippen LogP contribution is 2.42. The average molecular weight is 502 g/mol. The maximum atomic E-state index is 14.8. The number of amides is 1. The molecule has 1 aromatic carbocycles. The normalized spacial score (nSPS) is 11.5. The number of H-pyrrole nitrogens is 1. The highest BCUT2D eigenvalue weighted by Gasteiger charge is 2.38. The molecule has 0 radical (unpaired) electrons. The van der Waals surface area contributed by atoms with Gasteiger partial charge in [0.15, 0.2) is 6.61 Å². The van der Waals surface area contributed by atoms with E-state index in [4.69, 9.17) is 39.5 Å². The van der Waals surface area contributed by atoms with Crippen molar-refractivity contribution in [3.63, 3.8) is 0 Å². The molecule has 0 bridgehead atoms. The molecule has 2 aromatic rings. The Morgan fingerprint density at radius 1 is 1.23 bits per heavy atom. The summed E-state index contributed by atoms with van der Waals surface area (Å²) in [7, 11) is 0. The number of hydrogen-bond donors (Lipinski definition) is 2. The number of alkyl halides is 5. The van der Waals surface area contributed by atoms with Crippen molar-refractivity contribution in [3.8, 4) is 16.9 Å². The summed E-state index contributed by atoms with van der Waals surface area (Å²) < 4.78 is 60.9. The molecule has 0 unspecified atom stereocenters. The quantitative estimate of drug-likeness (QED) is 0.248. The molecule has 170 valence electrons. The van der Waals surface area contributed by atoms with E-state index in [1.165, 1.54) is 6.08 Å². The fourth-order valence-corrected chi connectivity index (χ4v) is 3.58. The van der Waals surface area contributed by atoms with E-state index in [1.54, 1.807) is 0 Å². The number of carbonyl (C=O) groups excluding carboxylic acids is 1. The fraction of sp³-hybridized carbons (Fsp3) is 0.350. The van der Waals surface area contributed by atoms with E-state index < -0.39 is 30.2 Å². The number of ether oxygens (including phenoxy) is 1. The summed E-state index contributed by atoms with van der Waals surface area (Å²) in [5, 5.41) is 2.36. The van der Waals surface area contributed by atoms with Crippen LogP contribution in [0.25, 0.3) is 11.1 Å². The Balaban J connectivity index is 2.57. The Bertz CT molecular complexity index is 945. The van der Waals surface area contributed by atoms with Crippen molar-refractivity contribution in [1.82, 2.24) is 10.3 Å². The number of aromatic amines is 1. The fourth-order valence-electron chi connectivity index (χ4n) is 3.00. The van der Waals surface area contributed by atoms with Crippen molar-refractivity contribution in [1.29, 1.82) is 0 Å². The first-order chi connectivity index (χ1) is 14.6. The maximum Gasteiger partial charge on any atom is 0.431 e. The zero-order chi connectivity index (χ0) is 23.2. The molecular weight excluding hydrogens is 483 g/mol. The van der Waals surface area contributed by atoms with Crippen molar-refractivity contribution >= 4 is 40.7 Å². The van der Waals surface area contributed by atoms with Crippen LogP contribution in [0, 0.1) is 5.82 Å². The third kappa shape index (κ3) is 6.30. The molecule has 1 aromatic heterocycles. The molecule has 1 heterocycles. The minimum Gasteiger partial charge on any atom is -0.482 e. The molecule has 0 saturated heterocycles. The van der Waals surface area contributed by atoms with Gasteiger partial charge in [-0.3, -0.25) is 4.79 Å². The highest BCUT2D eigenvalue weighted by molar-refractivity contribution is 6.32.